The van der Waals surface area contributed by atoms with Crippen molar-refractivity contribution in [1.29, 1.82) is 0 Å². The van der Waals surface area contributed by atoms with Gasteiger partial charge in [-0.25, -0.2) is 0 Å². The van der Waals surface area contributed by atoms with Crippen LogP contribution in [0.3, 0.4) is 0 Å². The van der Waals surface area contributed by atoms with Crippen LogP contribution in [0.4, 0.5) is 5.69 Å². The number of hydrogen-bond donors (Lipinski definition) is 1. The van der Waals surface area contributed by atoms with Crippen molar-refractivity contribution >= 4 is 5.69 Å². The van der Waals surface area contributed by atoms with Gasteiger partial charge >= 0.3 is 0 Å². The average Bonchev–Trinajstić information content (AvgIpc) is 2.86. The first-order chi connectivity index (χ1) is 8.36. The minimum absolute atomic E-state index is 0.986. The number of nitrogens with zero attached hydrogens (tertiary/aromatic N) is 1. The van der Waals surface area contributed by atoms with Gasteiger partial charge in [0.1, 0.15) is 0 Å². The number of fused-ring (bicyclic) bond motifs is 1. The van der Waals surface area contributed by atoms with E-state index in [1.54, 1.807) is 0 Å². The first-order valence-corrected chi connectivity index (χ1v) is 6.20. The van der Waals surface area contributed by atoms with Crippen molar-refractivity contribution in [3.05, 3.63) is 47.7 Å². The minimum atomic E-state index is 0.986. The second-order valence-electron chi connectivity index (χ2n) is 4.42. The predicted octanol–water partition coefficient (Wildman–Crippen LogP) is 3.28. The van der Waals surface area contributed by atoms with Crippen molar-refractivity contribution < 1.29 is 0 Å². The summed E-state index contributed by atoms with van der Waals surface area (Å²) in [5, 5.41) is 3.38. The van der Waals surface area contributed by atoms with Gasteiger partial charge in [-0.05, 0) is 42.7 Å². The first-order valence-electron chi connectivity index (χ1n) is 6.20. The Hall–Kier alpha value is -1.83. The Morgan fingerprint density at radius 3 is 3.06 bits per heavy atom. The summed E-state index contributed by atoms with van der Waals surface area (Å²) in [5.41, 5.74) is 6.15. The Morgan fingerprint density at radius 1 is 1.24 bits per heavy atom. The van der Waals surface area contributed by atoms with Crippen molar-refractivity contribution in [3.63, 3.8) is 0 Å². The van der Waals surface area contributed by atoms with Gasteiger partial charge in [0.25, 0.3) is 0 Å². The van der Waals surface area contributed by atoms with Crippen molar-refractivity contribution in [2.45, 2.75) is 19.8 Å². The first kappa shape index (κ1) is 10.3. The Kier molecular flexibility index (Phi) is 2.56. The Bertz CT molecular complexity index is 546. The van der Waals surface area contributed by atoms with Gasteiger partial charge in [0.15, 0.2) is 0 Å². The smallest absolute Gasteiger partial charge is 0.0705 e. The van der Waals surface area contributed by atoms with Gasteiger partial charge in [-0.1, -0.05) is 19.1 Å². The van der Waals surface area contributed by atoms with E-state index in [2.05, 4.69) is 53.6 Å². The summed E-state index contributed by atoms with van der Waals surface area (Å²) in [6.07, 6.45) is 2.11. The van der Waals surface area contributed by atoms with Crippen LogP contribution in [0.2, 0.25) is 0 Å². The number of pyridine rings is 1. The Morgan fingerprint density at radius 2 is 2.18 bits per heavy atom. The maximum atomic E-state index is 4.67. The summed E-state index contributed by atoms with van der Waals surface area (Å²) in [6.45, 7) is 3.19. The minimum Gasteiger partial charge on any atom is -0.384 e. The second kappa shape index (κ2) is 4.21. The van der Waals surface area contributed by atoms with Crippen LogP contribution < -0.4 is 5.32 Å². The predicted molar refractivity (Wildman–Crippen MR) is 71.2 cm³/mol. The lowest BCUT2D eigenvalue weighted by molar-refractivity contribution is 1.04. The van der Waals surface area contributed by atoms with Crippen LogP contribution in [0.5, 0.6) is 0 Å². The van der Waals surface area contributed by atoms with E-state index in [0.717, 1.165) is 30.8 Å². The quantitative estimate of drug-likeness (QED) is 0.846. The molecule has 0 aliphatic carbocycles. The molecule has 1 aromatic carbocycles. The maximum Gasteiger partial charge on any atom is 0.0705 e. The van der Waals surface area contributed by atoms with E-state index in [-0.39, 0.29) is 0 Å². The highest BCUT2D eigenvalue weighted by Gasteiger charge is 2.11. The Labute approximate surface area is 102 Å². The van der Waals surface area contributed by atoms with E-state index in [1.807, 2.05) is 0 Å². The lowest BCUT2D eigenvalue weighted by Crippen LogP contribution is -1.91. The number of hydrogen-bond acceptors (Lipinski definition) is 2. The lowest BCUT2D eigenvalue weighted by atomic mass is 10.1. The zero-order chi connectivity index (χ0) is 11.7. The van der Waals surface area contributed by atoms with Gasteiger partial charge in [-0.3, -0.25) is 4.98 Å². The van der Waals surface area contributed by atoms with Crippen LogP contribution in [0.15, 0.2) is 36.4 Å². The topological polar surface area (TPSA) is 24.9 Å². The lowest BCUT2D eigenvalue weighted by Gasteiger charge is -2.05. The van der Waals surface area contributed by atoms with Crippen LogP contribution in [-0.4, -0.2) is 11.5 Å². The van der Waals surface area contributed by atoms with E-state index < -0.39 is 0 Å². The normalized spacial score (nSPS) is 13.2. The molecule has 0 amide bonds. The summed E-state index contributed by atoms with van der Waals surface area (Å²) >= 11 is 0. The molecule has 2 heteroatoms. The molecule has 0 fully saturated rings. The van der Waals surface area contributed by atoms with Crippen LogP contribution in [0, 0.1) is 0 Å². The molecular formula is C15H16N2. The number of aromatic nitrogens is 1. The molecule has 0 radical (unpaired) electrons. The molecule has 1 aliphatic rings. The van der Waals surface area contributed by atoms with Crippen molar-refractivity contribution in [3.8, 4) is 11.3 Å². The molecule has 1 aliphatic heterocycles. The molecule has 0 saturated heterocycles. The molecule has 2 aromatic rings. The standard InChI is InChI=1S/C15H16N2/c1-2-13-4-3-5-15(17-13)11-6-7-14-12(10-11)8-9-16-14/h3-7,10,16H,2,8-9H2,1H3. The van der Waals surface area contributed by atoms with Crippen molar-refractivity contribution in [2.24, 2.45) is 0 Å². The molecule has 0 bridgehead atoms. The van der Waals surface area contributed by atoms with Crippen LogP contribution in [-0.2, 0) is 12.8 Å². The molecule has 3 rings (SSSR count). The highest BCUT2D eigenvalue weighted by atomic mass is 14.9. The van der Waals surface area contributed by atoms with E-state index in [9.17, 15) is 0 Å². The molecule has 1 aromatic heterocycles. The molecule has 17 heavy (non-hydrogen) atoms. The van der Waals surface area contributed by atoms with Crippen LogP contribution >= 0.6 is 0 Å². The zero-order valence-electron chi connectivity index (χ0n) is 10.0. The number of anilines is 1. The Balaban J connectivity index is 2.03. The fraction of sp³-hybridized carbons (Fsp3) is 0.267. The summed E-state index contributed by atoms with van der Waals surface area (Å²) < 4.78 is 0. The molecule has 0 atom stereocenters. The number of rotatable bonds is 2. The summed E-state index contributed by atoms with van der Waals surface area (Å²) in [7, 11) is 0. The van der Waals surface area contributed by atoms with Crippen molar-refractivity contribution in [1.82, 2.24) is 4.98 Å². The number of aryl methyl sites for hydroxylation is 1. The third-order valence-electron chi connectivity index (χ3n) is 3.28. The van der Waals surface area contributed by atoms with Crippen LogP contribution in [0.1, 0.15) is 18.2 Å². The molecule has 2 nitrogen and oxygen atoms in total. The SMILES string of the molecule is CCc1cccc(-c2ccc3c(c2)CCN3)n1. The summed E-state index contributed by atoms with van der Waals surface area (Å²) in [6, 6.07) is 12.8. The van der Waals surface area contributed by atoms with E-state index in [4.69, 9.17) is 0 Å². The molecule has 1 N–H and O–H groups in total. The monoisotopic (exact) mass is 224 g/mol. The van der Waals surface area contributed by atoms with E-state index >= 15 is 0 Å². The molecule has 86 valence electrons. The maximum absolute atomic E-state index is 4.67. The third kappa shape index (κ3) is 1.91. The zero-order valence-corrected chi connectivity index (χ0v) is 10.0. The van der Waals surface area contributed by atoms with Gasteiger partial charge in [0.05, 0.1) is 5.69 Å². The highest BCUT2D eigenvalue weighted by Crippen LogP contribution is 2.27. The van der Waals surface area contributed by atoms with Gasteiger partial charge in [-0.15, -0.1) is 0 Å². The average molecular weight is 224 g/mol. The summed E-state index contributed by atoms with van der Waals surface area (Å²) in [4.78, 5) is 4.67. The van der Waals surface area contributed by atoms with Crippen molar-refractivity contribution in [2.75, 3.05) is 11.9 Å². The molecular weight excluding hydrogens is 208 g/mol. The van der Waals surface area contributed by atoms with Gasteiger partial charge < -0.3 is 5.32 Å². The highest BCUT2D eigenvalue weighted by molar-refractivity contribution is 5.67. The third-order valence-corrected chi connectivity index (χ3v) is 3.28. The van der Waals surface area contributed by atoms with Gasteiger partial charge in [0, 0.05) is 23.5 Å². The number of benzene rings is 1. The molecule has 0 unspecified atom stereocenters. The van der Waals surface area contributed by atoms with Gasteiger partial charge in [-0.2, -0.15) is 0 Å². The molecule has 0 saturated carbocycles. The second-order valence-corrected chi connectivity index (χ2v) is 4.42. The fourth-order valence-corrected chi connectivity index (χ4v) is 2.30. The number of nitrogens with one attached hydrogen (secondary N) is 1. The summed E-state index contributed by atoms with van der Waals surface area (Å²) in [5.74, 6) is 0. The largest absolute Gasteiger partial charge is 0.384 e. The van der Waals surface area contributed by atoms with Crippen LogP contribution in [0.25, 0.3) is 11.3 Å². The molecule has 0 spiro atoms. The molecule has 2 heterocycles. The van der Waals surface area contributed by atoms with E-state index in [1.165, 1.54) is 16.8 Å². The van der Waals surface area contributed by atoms with E-state index in [0.29, 0.717) is 0 Å². The fourth-order valence-electron chi connectivity index (χ4n) is 2.30. The van der Waals surface area contributed by atoms with Gasteiger partial charge in [0.2, 0.25) is 0 Å².